The SMILES string of the molecule is C=C(C)CN(C)C(=O)C1CCCC(C(=O)O)C1. The zero-order chi connectivity index (χ0) is 13.0. The molecule has 1 amide bonds. The third-order valence-corrected chi connectivity index (χ3v) is 3.26. The van der Waals surface area contributed by atoms with Gasteiger partial charge in [-0.2, -0.15) is 0 Å². The molecule has 4 heteroatoms. The summed E-state index contributed by atoms with van der Waals surface area (Å²) in [7, 11) is 1.75. The largest absolute Gasteiger partial charge is 0.481 e. The lowest BCUT2D eigenvalue weighted by atomic mass is 9.81. The topological polar surface area (TPSA) is 57.6 Å². The van der Waals surface area contributed by atoms with Crippen molar-refractivity contribution in [2.75, 3.05) is 13.6 Å². The van der Waals surface area contributed by atoms with E-state index in [0.29, 0.717) is 19.4 Å². The summed E-state index contributed by atoms with van der Waals surface area (Å²) in [4.78, 5) is 24.7. The lowest BCUT2D eigenvalue weighted by Crippen LogP contribution is -2.37. The van der Waals surface area contributed by atoms with Crippen molar-refractivity contribution in [3.8, 4) is 0 Å². The minimum Gasteiger partial charge on any atom is -0.481 e. The molecule has 0 aromatic carbocycles. The summed E-state index contributed by atoms with van der Waals surface area (Å²) >= 11 is 0. The number of carbonyl (C=O) groups is 2. The first-order valence-corrected chi connectivity index (χ1v) is 6.04. The molecule has 0 aliphatic heterocycles. The van der Waals surface area contributed by atoms with Gasteiger partial charge in [0.1, 0.15) is 0 Å². The molecule has 0 bridgehead atoms. The summed E-state index contributed by atoms with van der Waals surface area (Å²) < 4.78 is 0. The molecule has 0 aromatic heterocycles. The smallest absolute Gasteiger partial charge is 0.306 e. The van der Waals surface area contributed by atoms with Crippen LogP contribution in [0, 0.1) is 11.8 Å². The zero-order valence-electron chi connectivity index (χ0n) is 10.6. The van der Waals surface area contributed by atoms with Gasteiger partial charge < -0.3 is 10.0 Å². The average Bonchev–Trinajstić information content (AvgIpc) is 2.27. The van der Waals surface area contributed by atoms with Gasteiger partial charge in [-0.25, -0.2) is 0 Å². The number of hydrogen-bond donors (Lipinski definition) is 1. The summed E-state index contributed by atoms with van der Waals surface area (Å²) in [5, 5.41) is 8.98. The van der Waals surface area contributed by atoms with Crippen LogP contribution in [0.1, 0.15) is 32.6 Å². The number of likely N-dealkylation sites (N-methyl/N-ethyl adjacent to an activating group) is 1. The molecule has 4 nitrogen and oxygen atoms in total. The van der Waals surface area contributed by atoms with Crippen LogP contribution >= 0.6 is 0 Å². The molecule has 0 saturated heterocycles. The van der Waals surface area contributed by atoms with Gasteiger partial charge in [0.05, 0.1) is 5.92 Å². The van der Waals surface area contributed by atoms with Gasteiger partial charge in [0, 0.05) is 19.5 Å². The number of carboxylic acids is 1. The van der Waals surface area contributed by atoms with E-state index in [0.717, 1.165) is 18.4 Å². The minimum atomic E-state index is -0.773. The van der Waals surface area contributed by atoms with E-state index in [1.807, 2.05) is 6.92 Å². The van der Waals surface area contributed by atoms with E-state index in [4.69, 9.17) is 5.11 Å². The van der Waals surface area contributed by atoms with Crippen LogP contribution in [0.25, 0.3) is 0 Å². The van der Waals surface area contributed by atoms with Crippen molar-refractivity contribution in [2.45, 2.75) is 32.6 Å². The van der Waals surface area contributed by atoms with Gasteiger partial charge in [-0.05, 0) is 26.2 Å². The highest BCUT2D eigenvalue weighted by atomic mass is 16.4. The zero-order valence-corrected chi connectivity index (χ0v) is 10.6. The van der Waals surface area contributed by atoms with E-state index >= 15 is 0 Å². The molecule has 0 radical (unpaired) electrons. The summed E-state index contributed by atoms with van der Waals surface area (Å²) in [6.07, 6.45) is 2.81. The van der Waals surface area contributed by atoms with Crippen LogP contribution in [0.15, 0.2) is 12.2 Å². The normalized spacial score (nSPS) is 24.1. The lowest BCUT2D eigenvalue weighted by molar-refractivity contribution is -0.145. The molecular weight excluding hydrogens is 218 g/mol. The number of aliphatic carboxylic acids is 1. The molecule has 1 rings (SSSR count). The number of rotatable bonds is 4. The molecule has 1 aliphatic rings. The van der Waals surface area contributed by atoms with E-state index < -0.39 is 5.97 Å². The Labute approximate surface area is 102 Å². The number of hydrogen-bond acceptors (Lipinski definition) is 2. The number of amides is 1. The van der Waals surface area contributed by atoms with Crippen molar-refractivity contribution in [3.05, 3.63) is 12.2 Å². The van der Waals surface area contributed by atoms with Gasteiger partial charge in [0.15, 0.2) is 0 Å². The van der Waals surface area contributed by atoms with Crippen molar-refractivity contribution < 1.29 is 14.7 Å². The highest BCUT2D eigenvalue weighted by Gasteiger charge is 2.32. The molecule has 0 heterocycles. The van der Waals surface area contributed by atoms with E-state index in [2.05, 4.69) is 6.58 Å². The maximum Gasteiger partial charge on any atom is 0.306 e. The molecule has 1 aliphatic carbocycles. The Bertz CT molecular complexity index is 325. The van der Waals surface area contributed by atoms with Crippen LogP contribution < -0.4 is 0 Å². The first-order valence-electron chi connectivity index (χ1n) is 6.04. The maximum absolute atomic E-state index is 12.1. The van der Waals surface area contributed by atoms with Crippen molar-refractivity contribution in [1.82, 2.24) is 4.90 Å². The van der Waals surface area contributed by atoms with E-state index in [1.54, 1.807) is 11.9 Å². The minimum absolute atomic E-state index is 0.0546. The van der Waals surface area contributed by atoms with Gasteiger partial charge in [0.2, 0.25) is 5.91 Å². The van der Waals surface area contributed by atoms with Crippen molar-refractivity contribution >= 4 is 11.9 Å². The summed E-state index contributed by atoms with van der Waals surface area (Å²) in [6, 6.07) is 0. The average molecular weight is 239 g/mol. The molecule has 1 N–H and O–H groups in total. The Morgan fingerprint density at radius 1 is 1.35 bits per heavy atom. The van der Waals surface area contributed by atoms with Crippen LogP contribution in [0.2, 0.25) is 0 Å². The fourth-order valence-corrected chi connectivity index (χ4v) is 2.43. The Morgan fingerprint density at radius 2 is 1.94 bits per heavy atom. The number of carbonyl (C=O) groups excluding carboxylic acids is 1. The van der Waals surface area contributed by atoms with E-state index in [1.165, 1.54) is 0 Å². The van der Waals surface area contributed by atoms with Gasteiger partial charge in [-0.3, -0.25) is 9.59 Å². The van der Waals surface area contributed by atoms with Gasteiger partial charge in [-0.1, -0.05) is 18.6 Å². The van der Waals surface area contributed by atoms with E-state index in [-0.39, 0.29) is 17.7 Å². The Balaban J connectivity index is 2.57. The van der Waals surface area contributed by atoms with Crippen LogP contribution in [0.3, 0.4) is 0 Å². The molecule has 2 unspecified atom stereocenters. The third-order valence-electron chi connectivity index (χ3n) is 3.26. The highest BCUT2D eigenvalue weighted by molar-refractivity contribution is 5.80. The van der Waals surface area contributed by atoms with Gasteiger partial charge in [-0.15, -0.1) is 0 Å². The molecular formula is C13H21NO3. The molecule has 17 heavy (non-hydrogen) atoms. The third kappa shape index (κ3) is 3.88. The van der Waals surface area contributed by atoms with Crippen molar-refractivity contribution in [1.29, 1.82) is 0 Å². The fraction of sp³-hybridized carbons (Fsp3) is 0.692. The fourth-order valence-electron chi connectivity index (χ4n) is 2.43. The first-order chi connectivity index (χ1) is 7.91. The molecule has 0 aromatic rings. The summed E-state index contributed by atoms with van der Waals surface area (Å²) in [6.45, 7) is 6.21. The van der Waals surface area contributed by atoms with Crippen LogP contribution in [-0.4, -0.2) is 35.5 Å². The number of carboxylic acid groups (broad SMARTS) is 1. The van der Waals surface area contributed by atoms with Gasteiger partial charge >= 0.3 is 5.97 Å². The number of nitrogens with zero attached hydrogens (tertiary/aromatic N) is 1. The molecule has 96 valence electrons. The maximum atomic E-state index is 12.1. The van der Waals surface area contributed by atoms with E-state index in [9.17, 15) is 9.59 Å². The Hall–Kier alpha value is -1.32. The second-order valence-electron chi connectivity index (χ2n) is 5.05. The predicted molar refractivity (Wildman–Crippen MR) is 65.5 cm³/mol. The van der Waals surface area contributed by atoms with Crippen LogP contribution in [-0.2, 0) is 9.59 Å². The standard InChI is InChI=1S/C13H21NO3/c1-9(2)8-14(3)12(15)10-5-4-6-11(7-10)13(16)17/h10-11H,1,4-8H2,2-3H3,(H,16,17). The molecule has 2 atom stereocenters. The molecule has 1 saturated carbocycles. The quantitative estimate of drug-likeness (QED) is 0.762. The summed E-state index contributed by atoms with van der Waals surface area (Å²) in [5.74, 6) is -1.20. The van der Waals surface area contributed by atoms with Crippen LogP contribution in [0.5, 0.6) is 0 Å². The predicted octanol–water partition coefficient (Wildman–Crippen LogP) is 1.91. The van der Waals surface area contributed by atoms with Crippen LogP contribution in [0.4, 0.5) is 0 Å². The van der Waals surface area contributed by atoms with Gasteiger partial charge in [0.25, 0.3) is 0 Å². The van der Waals surface area contributed by atoms with Crippen molar-refractivity contribution in [2.24, 2.45) is 11.8 Å². The highest BCUT2D eigenvalue weighted by Crippen LogP contribution is 2.30. The second kappa shape index (κ2) is 5.84. The first kappa shape index (κ1) is 13.7. The second-order valence-corrected chi connectivity index (χ2v) is 5.05. The summed E-state index contributed by atoms with van der Waals surface area (Å²) in [5.41, 5.74) is 0.937. The molecule has 0 spiro atoms. The monoisotopic (exact) mass is 239 g/mol. The Kier molecular flexibility index (Phi) is 4.73. The lowest BCUT2D eigenvalue weighted by Gasteiger charge is -2.29. The Morgan fingerprint density at radius 3 is 2.47 bits per heavy atom. The molecule has 1 fully saturated rings. The van der Waals surface area contributed by atoms with Crippen molar-refractivity contribution in [3.63, 3.8) is 0 Å².